The van der Waals surface area contributed by atoms with Crippen molar-refractivity contribution in [1.29, 1.82) is 0 Å². The molecule has 33 heavy (non-hydrogen) atoms. The van der Waals surface area contributed by atoms with E-state index >= 15 is 0 Å². The predicted molar refractivity (Wildman–Crippen MR) is 128 cm³/mol. The minimum absolute atomic E-state index is 0.204. The maximum atomic E-state index is 12.9. The largest absolute Gasteiger partial charge is 0.493 e. The van der Waals surface area contributed by atoms with E-state index < -0.39 is 11.6 Å². The Morgan fingerprint density at radius 3 is 1.79 bits per heavy atom. The summed E-state index contributed by atoms with van der Waals surface area (Å²) < 4.78 is 21.6. The van der Waals surface area contributed by atoms with Crippen LogP contribution in [0.1, 0.15) is 31.8 Å². The molecule has 0 aliphatic carbocycles. The van der Waals surface area contributed by atoms with Crippen LogP contribution in [0, 0.1) is 11.8 Å². The third-order valence-corrected chi connectivity index (χ3v) is 5.20. The summed E-state index contributed by atoms with van der Waals surface area (Å²) in [7, 11) is 6.07. The van der Waals surface area contributed by atoms with E-state index in [9.17, 15) is 9.59 Å². The molecule has 0 aliphatic rings. The molecule has 0 saturated carbocycles. The van der Waals surface area contributed by atoms with Crippen LogP contribution in [0.3, 0.4) is 0 Å². The molecule has 6 nitrogen and oxygen atoms in total. The lowest BCUT2D eigenvalue weighted by Crippen LogP contribution is -2.15. The lowest BCUT2D eigenvalue weighted by atomic mass is 9.99. The molecule has 0 spiro atoms. The summed E-state index contributed by atoms with van der Waals surface area (Å²) in [5.41, 5.74) is 1.71. The summed E-state index contributed by atoms with van der Waals surface area (Å²) >= 11 is 3.39. The number of ether oxygens (including phenoxy) is 4. The quantitative estimate of drug-likeness (QED) is 0.255. The lowest BCUT2D eigenvalue weighted by molar-refractivity contribution is 0.0816. The average Bonchev–Trinajstić information content (AvgIpc) is 2.85. The molecule has 0 aromatic heterocycles. The zero-order valence-electron chi connectivity index (χ0n) is 18.5. The number of carbonyl (C=O) groups is 2. The summed E-state index contributed by atoms with van der Waals surface area (Å²) in [6, 6.07) is 14.9. The molecule has 0 saturated heterocycles. The van der Waals surface area contributed by atoms with Gasteiger partial charge in [0, 0.05) is 26.7 Å². The molecule has 0 fully saturated rings. The summed E-state index contributed by atoms with van der Waals surface area (Å²) in [6.45, 7) is 0. The topological polar surface area (TPSA) is 71.1 Å². The molecule has 7 heteroatoms. The molecule has 168 valence electrons. The Bertz CT molecular complexity index is 1270. The van der Waals surface area contributed by atoms with Crippen LogP contribution in [0.2, 0.25) is 0 Å². The molecule has 0 atom stereocenters. The van der Waals surface area contributed by atoms with Crippen LogP contribution in [0.5, 0.6) is 23.0 Å². The Kier molecular flexibility index (Phi) is 7.75. The van der Waals surface area contributed by atoms with Crippen molar-refractivity contribution in [2.75, 3.05) is 28.4 Å². The Hall–Kier alpha value is -3.76. The van der Waals surface area contributed by atoms with Crippen LogP contribution in [0.25, 0.3) is 0 Å². The minimum atomic E-state index is -0.659. The van der Waals surface area contributed by atoms with Crippen LogP contribution in [-0.4, -0.2) is 40.0 Å². The van der Waals surface area contributed by atoms with E-state index in [1.165, 1.54) is 26.4 Å². The van der Waals surface area contributed by atoms with E-state index in [1.807, 2.05) is 0 Å². The highest BCUT2D eigenvalue weighted by atomic mass is 79.9. The number of rotatable bonds is 7. The van der Waals surface area contributed by atoms with Crippen molar-refractivity contribution in [3.05, 3.63) is 81.3 Å². The summed E-state index contributed by atoms with van der Waals surface area (Å²) in [5.74, 6) is 6.75. The first-order valence-corrected chi connectivity index (χ1v) is 10.5. The van der Waals surface area contributed by atoms with E-state index in [-0.39, 0.29) is 11.1 Å². The Labute approximate surface area is 200 Å². The molecule has 3 rings (SSSR count). The Morgan fingerprint density at radius 2 is 1.15 bits per heavy atom. The number of benzene rings is 3. The van der Waals surface area contributed by atoms with Gasteiger partial charge in [0.1, 0.15) is 0 Å². The van der Waals surface area contributed by atoms with E-state index in [4.69, 9.17) is 18.9 Å². The van der Waals surface area contributed by atoms with Gasteiger partial charge in [-0.15, -0.1) is 0 Å². The molecule has 3 aromatic carbocycles. The average molecular weight is 509 g/mol. The van der Waals surface area contributed by atoms with Gasteiger partial charge < -0.3 is 18.9 Å². The van der Waals surface area contributed by atoms with Crippen molar-refractivity contribution in [2.24, 2.45) is 0 Å². The second kappa shape index (κ2) is 10.7. The number of halogens is 1. The maximum Gasteiger partial charge on any atom is 0.233 e. The number of carbonyl (C=O) groups excluding carboxylic acids is 2. The van der Waals surface area contributed by atoms with Crippen molar-refractivity contribution in [3.8, 4) is 34.8 Å². The van der Waals surface area contributed by atoms with Gasteiger partial charge in [-0.1, -0.05) is 27.8 Å². The number of hydrogen-bond acceptors (Lipinski definition) is 6. The van der Waals surface area contributed by atoms with Gasteiger partial charge in [0.25, 0.3) is 0 Å². The van der Waals surface area contributed by atoms with Crippen molar-refractivity contribution < 1.29 is 28.5 Å². The minimum Gasteiger partial charge on any atom is -0.493 e. The smallest absolute Gasteiger partial charge is 0.233 e. The molecule has 0 heterocycles. The van der Waals surface area contributed by atoms with Crippen molar-refractivity contribution in [1.82, 2.24) is 0 Å². The first-order valence-electron chi connectivity index (χ1n) is 9.75. The molecule has 0 amide bonds. The van der Waals surface area contributed by atoms with Gasteiger partial charge in [0.05, 0.1) is 28.4 Å². The fraction of sp³-hybridized carbons (Fsp3) is 0.154. The molecule has 0 aliphatic heterocycles. The summed E-state index contributed by atoms with van der Waals surface area (Å²) in [6.07, 6.45) is 0. The highest BCUT2D eigenvalue weighted by Gasteiger charge is 2.21. The van der Waals surface area contributed by atoms with Gasteiger partial charge >= 0.3 is 0 Å². The van der Waals surface area contributed by atoms with Crippen molar-refractivity contribution >= 4 is 27.5 Å². The van der Waals surface area contributed by atoms with Crippen LogP contribution in [0.4, 0.5) is 0 Å². The van der Waals surface area contributed by atoms with E-state index in [1.54, 1.807) is 56.7 Å². The number of methoxy groups -OCH3 is 4. The molecule has 0 radical (unpaired) electrons. The van der Waals surface area contributed by atoms with E-state index in [0.717, 1.165) is 0 Å². The first kappa shape index (κ1) is 23.9. The third-order valence-electron chi connectivity index (χ3n) is 4.75. The zero-order valence-corrected chi connectivity index (χ0v) is 20.1. The molecule has 3 aromatic rings. The molecule has 0 bridgehead atoms. The second-order valence-electron chi connectivity index (χ2n) is 6.78. The SMILES string of the molecule is COc1ccc(C#Cc2cc(Br)cc(C(=O)C(=O)c3ccc(OC)c(OC)c3)c2)cc1OC. The normalized spacial score (nSPS) is 9.97. The van der Waals surface area contributed by atoms with Gasteiger partial charge in [-0.3, -0.25) is 9.59 Å². The van der Waals surface area contributed by atoms with E-state index in [0.29, 0.717) is 38.6 Å². The van der Waals surface area contributed by atoms with Crippen molar-refractivity contribution in [2.45, 2.75) is 0 Å². The van der Waals surface area contributed by atoms with Crippen LogP contribution in [0.15, 0.2) is 59.1 Å². The van der Waals surface area contributed by atoms with E-state index in [2.05, 4.69) is 27.8 Å². The standard InChI is InChI=1S/C26H21BrO6/c1-30-21-9-7-16(13-23(21)32-3)5-6-17-11-19(14-20(27)12-17)26(29)25(28)18-8-10-22(31-2)24(15-18)33-4/h7-15H,1-4H3. The first-order chi connectivity index (χ1) is 15.9. The molecular formula is C26H21BrO6. The van der Waals surface area contributed by atoms with Gasteiger partial charge in [-0.05, 0) is 54.6 Å². The monoisotopic (exact) mass is 508 g/mol. The number of Topliss-reactive ketones (excluding diaryl/α,β-unsaturated/α-hetero) is 2. The predicted octanol–water partition coefficient (Wildman–Crippen LogP) is 4.95. The zero-order chi connectivity index (χ0) is 24.0. The second-order valence-corrected chi connectivity index (χ2v) is 7.69. The van der Waals surface area contributed by atoms with Gasteiger partial charge in [0.2, 0.25) is 11.6 Å². The summed E-state index contributed by atoms with van der Waals surface area (Å²) in [5, 5.41) is 0. The fourth-order valence-electron chi connectivity index (χ4n) is 3.09. The molecule has 0 unspecified atom stereocenters. The maximum absolute atomic E-state index is 12.9. The highest BCUT2D eigenvalue weighted by molar-refractivity contribution is 9.10. The Morgan fingerprint density at radius 1 is 0.606 bits per heavy atom. The Balaban J connectivity index is 1.90. The van der Waals surface area contributed by atoms with Crippen LogP contribution < -0.4 is 18.9 Å². The fourth-order valence-corrected chi connectivity index (χ4v) is 3.58. The summed E-state index contributed by atoms with van der Waals surface area (Å²) in [4.78, 5) is 25.7. The van der Waals surface area contributed by atoms with Crippen LogP contribution >= 0.6 is 15.9 Å². The van der Waals surface area contributed by atoms with Crippen LogP contribution in [-0.2, 0) is 0 Å². The molecule has 0 N–H and O–H groups in total. The number of hydrogen-bond donors (Lipinski definition) is 0. The molecular weight excluding hydrogens is 488 g/mol. The van der Waals surface area contributed by atoms with Crippen molar-refractivity contribution in [3.63, 3.8) is 0 Å². The van der Waals surface area contributed by atoms with Gasteiger partial charge in [-0.2, -0.15) is 0 Å². The van der Waals surface area contributed by atoms with Gasteiger partial charge in [-0.25, -0.2) is 0 Å². The lowest BCUT2D eigenvalue weighted by Gasteiger charge is -2.09. The number of ketones is 2. The highest BCUT2D eigenvalue weighted by Crippen LogP contribution is 2.29. The third kappa shape index (κ3) is 5.54. The van der Waals surface area contributed by atoms with Gasteiger partial charge in [0.15, 0.2) is 23.0 Å².